The minimum atomic E-state index is -1.58. The lowest BCUT2D eigenvalue weighted by Crippen LogP contribution is -2.48. The zero-order valence-electron chi connectivity index (χ0n) is 15.6. The lowest BCUT2D eigenvalue weighted by Gasteiger charge is -2.30. The van der Waals surface area contributed by atoms with Gasteiger partial charge in [-0.1, -0.05) is 11.6 Å². The summed E-state index contributed by atoms with van der Waals surface area (Å²) in [6, 6.07) is 15.1. The van der Waals surface area contributed by atoms with E-state index in [0.29, 0.717) is 35.9 Å². The molecule has 1 N–H and O–H groups in total. The molecule has 2 aliphatic heterocycles. The number of Topliss-reactive ketones (excluding diaryl/α,β-unsaturated/α-hetero) is 1. The van der Waals surface area contributed by atoms with Crippen LogP contribution in [0, 0.1) is 6.92 Å². The monoisotopic (exact) mass is 373 g/mol. The van der Waals surface area contributed by atoms with E-state index in [9.17, 15) is 9.90 Å². The molecule has 0 saturated carbocycles. The average Bonchev–Trinajstić information content (AvgIpc) is 3.06. The summed E-state index contributed by atoms with van der Waals surface area (Å²) >= 11 is 0. The van der Waals surface area contributed by atoms with Crippen molar-refractivity contribution in [2.75, 3.05) is 18.6 Å². The quantitative estimate of drug-likeness (QED) is 0.745. The number of nitrogens with zero attached hydrogens (tertiary/aromatic N) is 3. The topological polar surface area (TPSA) is 75.0 Å². The minimum absolute atomic E-state index is 0.272. The molecule has 2 aliphatic rings. The van der Waals surface area contributed by atoms with Crippen molar-refractivity contribution in [1.29, 1.82) is 0 Å². The number of rotatable bonds is 2. The van der Waals surface area contributed by atoms with Crippen LogP contribution in [0.25, 0.3) is 10.9 Å². The maximum Gasteiger partial charge on any atom is 0.213 e. The number of benzene rings is 2. The Morgan fingerprint density at radius 2 is 2.00 bits per heavy atom. The van der Waals surface area contributed by atoms with Gasteiger partial charge in [0.15, 0.2) is 5.60 Å². The van der Waals surface area contributed by atoms with E-state index in [4.69, 9.17) is 4.74 Å². The first-order valence-electron chi connectivity index (χ1n) is 9.19. The third-order valence-corrected chi connectivity index (χ3v) is 5.49. The highest BCUT2D eigenvalue weighted by atomic mass is 16.5. The molecule has 1 atom stereocenters. The van der Waals surface area contributed by atoms with E-state index in [1.807, 2.05) is 54.3 Å². The van der Waals surface area contributed by atoms with Gasteiger partial charge >= 0.3 is 0 Å². The van der Waals surface area contributed by atoms with Crippen molar-refractivity contribution in [1.82, 2.24) is 4.98 Å². The number of aryl methyl sites for hydroxylation is 1. The van der Waals surface area contributed by atoms with Crippen LogP contribution < -0.4 is 9.64 Å². The van der Waals surface area contributed by atoms with Gasteiger partial charge in [0.25, 0.3) is 0 Å². The Balaban J connectivity index is 1.61. The molecule has 5 rings (SSSR count). The number of aliphatic hydroxyl groups is 1. The molecule has 0 amide bonds. The molecule has 3 heterocycles. The lowest BCUT2D eigenvalue weighted by atomic mass is 9.87. The van der Waals surface area contributed by atoms with Gasteiger partial charge in [-0.05, 0) is 43.3 Å². The van der Waals surface area contributed by atoms with Crippen molar-refractivity contribution in [2.45, 2.75) is 18.9 Å². The minimum Gasteiger partial charge on any atom is -0.481 e. The van der Waals surface area contributed by atoms with Gasteiger partial charge in [0.2, 0.25) is 11.7 Å². The molecule has 1 saturated heterocycles. The van der Waals surface area contributed by atoms with Crippen molar-refractivity contribution in [3.8, 4) is 5.88 Å². The first-order valence-corrected chi connectivity index (χ1v) is 9.19. The number of hydrogen-bond acceptors (Lipinski definition) is 6. The molecule has 3 aromatic rings. The predicted octanol–water partition coefficient (Wildman–Crippen LogP) is 3.42. The first kappa shape index (κ1) is 16.9. The van der Waals surface area contributed by atoms with Gasteiger partial charge in [0, 0.05) is 35.7 Å². The van der Waals surface area contributed by atoms with Crippen LogP contribution in [0.5, 0.6) is 5.88 Å². The maximum absolute atomic E-state index is 13.1. The van der Waals surface area contributed by atoms with Gasteiger partial charge in [-0.3, -0.25) is 4.79 Å². The molecular formula is C22H19N3O3. The molecule has 6 nitrogen and oxygen atoms in total. The lowest BCUT2D eigenvalue weighted by molar-refractivity contribution is 0.0602. The van der Waals surface area contributed by atoms with Crippen molar-refractivity contribution in [3.63, 3.8) is 0 Å². The number of pyridine rings is 1. The van der Waals surface area contributed by atoms with Gasteiger partial charge in [0.05, 0.1) is 18.3 Å². The van der Waals surface area contributed by atoms with Gasteiger partial charge in [-0.2, -0.15) is 0 Å². The summed E-state index contributed by atoms with van der Waals surface area (Å²) < 4.78 is 5.18. The third kappa shape index (κ3) is 2.34. The zero-order chi connectivity index (χ0) is 19.5. The Bertz CT molecular complexity index is 1170. The highest BCUT2D eigenvalue weighted by Crippen LogP contribution is 2.40. The predicted molar refractivity (Wildman–Crippen MR) is 108 cm³/mol. The molecule has 28 heavy (non-hydrogen) atoms. The average molecular weight is 373 g/mol. The molecule has 0 spiro atoms. The van der Waals surface area contributed by atoms with Crippen LogP contribution >= 0.6 is 0 Å². The Labute approximate surface area is 162 Å². The molecule has 0 bridgehead atoms. The summed E-state index contributed by atoms with van der Waals surface area (Å²) in [6.07, 6.45) is 0.316. The molecule has 6 heteroatoms. The summed E-state index contributed by atoms with van der Waals surface area (Å²) in [6.45, 7) is 2.44. The molecule has 0 aliphatic carbocycles. The van der Waals surface area contributed by atoms with Gasteiger partial charge in [-0.15, -0.1) is 0 Å². The van der Waals surface area contributed by atoms with E-state index in [0.717, 1.165) is 22.2 Å². The smallest absolute Gasteiger partial charge is 0.213 e. The van der Waals surface area contributed by atoms with Crippen LogP contribution in [0.4, 0.5) is 11.4 Å². The normalized spacial score (nSPS) is 20.8. The summed E-state index contributed by atoms with van der Waals surface area (Å²) in [4.78, 5) is 24.1. The van der Waals surface area contributed by atoms with Gasteiger partial charge < -0.3 is 14.7 Å². The fourth-order valence-electron chi connectivity index (χ4n) is 3.98. The standard InChI is InChI=1S/C22H19N3O3/c1-13-3-6-18-16(11-13)20(26)22(27)9-10-25(21(22)24-18)15-5-7-17-14(12-15)4-8-19(23-17)28-2/h3-8,11-12,27H,9-10H2,1-2H3/t22-/m1/s1. The second kappa shape index (κ2) is 5.87. The zero-order valence-corrected chi connectivity index (χ0v) is 15.6. The fourth-order valence-corrected chi connectivity index (χ4v) is 3.98. The summed E-state index contributed by atoms with van der Waals surface area (Å²) in [7, 11) is 1.59. The number of ether oxygens (including phenoxy) is 1. The number of anilines is 1. The number of methoxy groups -OCH3 is 1. The van der Waals surface area contributed by atoms with E-state index < -0.39 is 5.60 Å². The largest absolute Gasteiger partial charge is 0.481 e. The van der Waals surface area contributed by atoms with E-state index in [-0.39, 0.29) is 5.78 Å². The Hall–Kier alpha value is -3.25. The summed E-state index contributed by atoms with van der Waals surface area (Å²) in [5.74, 6) is 0.686. The van der Waals surface area contributed by atoms with E-state index >= 15 is 0 Å². The molecule has 1 aromatic heterocycles. The summed E-state index contributed by atoms with van der Waals surface area (Å²) in [5, 5.41) is 12.1. The number of hydrogen-bond donors (Lipinski definition) is 1. The molecule has 1 fully saturated rings. The number of amidine groups is 1. The number of carbonyl (C=O) groups is 1. The van der Waals surface area contributed by atoms with Crippen molar-refractivity contribution in [2.24, 2.45) is 4.99 Å². The van der Waals surface area contributed by atoms with E-state index in [1.54, 1.807) is 13.2 Å². The van der Waals surface area contributed by atoms with Crippen LogP contribution in [0.1, 0.15) is 22.3 Å². The molecule has 2 aromatic carbocycles. The molecule has 140 valence electrons. The Morgan fingerprint density at radius 3 is 2.82 bits per heavy atom. The van der Waals surface area contributed by atoms with Crippen LogP contribution in [-0.2, 0) is 0 Å². The van der Waals surface area contributed by atoms with Crippen LogP contribution in [0.15, 0.2) is 53.5 Å². The van der Waals surface area contributed by atoms with Crippen LogP contribution in [-0.4, -0.2) is 41.0 Å². The van der Waals surface area contributed by atoms with Gasteiger partial charge in [0.1, 0.15) is 5.84 Å². The van der Waals surface area contributed by atoms with Gasteiger partial charge in [-0.25, -0.2) is 9.98 Å². The highest BCUT2D eigenvalue weighted by Gasteiger charge is 2.52. The van der Waals surface area contributed by atoms with Crippen LogP contribution in [0.3, 0.4) is 0 Å². The Kier molecular flexibility index (Phi) is 3.54. The number of ketones is 1. The number of fused-ring (bicyclic) bond motifs is 3. The second-order valence-electron chi connectivity index (χ2n) is 7.28. The highest BCUT2D eigenvalue weighted by molar-refractivity contribution is 6.28. The molecule has 0 unspecified atom stereocenters. The third-order valence-electron chi connectivity index (χ3n) is 5.49. The molecular weight excluding hydrogens is 354 g/mol. The van der Waals surface area contributed by atoms with E-state index in [2.05, 4.69) is 9.98 Å². The SMILES string of the molecule is COc1ccc2cc(N3CC[C@@]4(O)C(=O)c5cc(C)ccc5N=C34)ccc2n1. The number of aliphatic imine (C=N–C) groups is 1. The molecule has 0 radical (unpaired) electrons. The van der Waals surface area contributed by atoms with Crippen LogP contribution in [0.2, 0.25) is 0 Å². The Morgan fingerprint density at radius 1 is 1.14 bits per heavy atom. The van der Waals surface area contributed by atoms with Crippen molar-refractivity contribution >= 4 is 33.9 Å². The van der Waals surface area contributed by atoms with Crippen molar-refractivity contribution < 1.29 is 14.6 Å². The number of carbonyl (C=O) groups excluding carboxylic acids is 1. The van der Waals surface area contributed by atoms with Crippen molar-refractivity contribution in [3.05, 3.63) is 59.7 Å². The fraction of sp³-hybridized carbons (Fsp3) is 0.227. The maximum atomic E-state index is 13.1. The first-order chi connectivity index (χ1) is 13.5. The number of aromatic nitrogens is 1. The second-order valence-corrected chi connectivity index (χ2v) is 7.28. The summed E-state index contributed by atoms with van der Waals surface area (Å²) in [5.41, 5.74) is 2.19. The van der Waals surface area contributed by atoms with E-state index in [1.165, 1.54) is 0 Å².